The van der Waals surface area contributed by atoms with Gasteiger partial charge in [-0.15, -0.1) is 0 Å². The van der Waals surface area contributed by atoms with Crippen LogP contribution in [0.4, 0.5) is 22.0 Å². The van der Waals surface area contributed by atoms with Gasteiger partial charge in [0.05, 0.1) is 5.56 Å². The number of benzene rings is 2. The van der Waals surface area contributed by atoms with Gasteiger partial charge in [0.1, 0.15) is 11.6 Å². The molecule has 0 heterocycles. The van der Waals surface area contributed by atoms with Crippen molar-refractivity contribution in [1.29, 1.82) is 0 Å². The number of hydrogen-bond acceptors (Lipinski definition) is 0. The topological polar surface area (TPSA) is 0 Å². The third kappa shape index (κ3) is 5.34. The summed E-state index contributed by atoms with van der Waals surface area (Å²) in [4.78, 5) is 0. The molecule has 0 aromatic heterocycles. The normalized spacial score (nSPS) is 19.4. The molecule has 28 heavy (non-hydrogen) atoms. The number of halogens is 5. The molecule has 2 aromatic rings. The van der Waals surface area contributed by atoms with Gasteiger partial charge in [0.2, 0.25) is 0 Å². The lowest BCUT2D eigenvalue weighted by Gasteiger charge is -2.26. The van der Waals surface area contributed by atoms with E-state index in [-0.39, 0.29) is 14.4 Å². The van der Waals surface area contributed by atoms with E-state index in [1.54, 1.807) is 12.1 Å². The zero-order chi connectivity index (χ0) is 19.6. The number of hydrogen-bond donors (Lipinski definition) is 0. The van der Waals surface area contributed by atoms with Gasteiger partial charge in [-0.3, -0.25) is 0 Å². The van der Waals surface area contributed by atoms with Crippen LogP contribution in [0.15, 0.2) is 36.4 Å². The van der Waals surface area contributed by atoms with Crippen molar-refractivity contribution in [3.8, 4) is 23.0 Å². The second-order valence-corrected chi connectivity index (χ2v) is 7.14. The molecule has 1 aliphatic carbocycles. The molecule has 1 fully saturated rings. The van der Waals surface area contributed by atoms with Gasteiger partial charge in [0.25, 0.3) is 0 Å². The maximum absolute atomic E-state index is 14.1. The lowest BCUT2D eigenvalue weighted by atomic mass is 9.79. The minimum absolute atomic E-state index is 0. The summed E-state index contributed by atoms with van der Waals surface area (Å²) in [6, 6.07) is 9.54. The van der Waals surface area contributed by atoms with E-state index in [1.165, 1.54) is 24.3 Å². The summed E-state index contributed by atoms with van der Waals surface area (Å²) in [6.45, 7) is 2.26. The SMILES string of the molecule is C.CC1CCC(c2ccc(-c3cc(F)c(C#CC(F)(F)F)c(F)c3)cc2)CC1.[HH]. The fourth-order valence-electron chi connectivity index (χ4n) is 3.53. The highest BCUT2D eigenvalue weighted by Gasteiger charge is 2.24. The van der Waals surface area contributed by atoms with Crippen molar-refractivity contribution in [3.63, 3.8) is 0 Å². The van der Waals surface area contributed by atoms with E-state index in [2.05, 4.69) is 6.92 Å². The van der Waals surface area contributed by atoms with E-state index in [1.807, 2.05) is 12.1 Å². The van der Waals surface area contributed by atoms with Crippen LogP contribution in [0.1, 0.15) is 58.5 Å². The van der Waals surface area contributed by atoms with Crippen molar-refractivity contribution in [1.82, 2.24) is 0 Å². The molecule has 2 aromatic carbocycles. The third-order valence-electron chi connectivity index (χ3n) is 5.10. The molecular formula is C23H25F5. The van der Waals surface area contributed by atoms with Crippen molar-refractivity contribution in [2.24, 2.45) is 5.92 Å². The predicted molar refractivity (Wildman–Crippen MR) is 104 cm³/mol. The Kier molecular flexibility index (Phi) is 6.87. The van der Waals surface area contributed by atoms with E-state index in [0.29, 0.717) is 11.5 Å². The minimum atomic E-state index is -4.80. The largest absolute Gasteiger partial charge is 0.458 e. The second-order valence-electron chi connectivity index (χ2n) is 7.14. The maximum atomic E-state index is 14.1. The van der Waals surface area contributed by atoms with Crippen LogP contribution in [0.2, 0.25) is 0 Å². The summed E-state index contributed by atoms with van der Waals surface area (Å²) < 4.78 is 64.6. The van der Waals surface area contributed by atoms with Crippen molar-refractivity contribution in [3.05, 3.63) is 59.2 Å². The molecule has 0 atom stereocenters. The van der Waals surface area contributed by atoms with Crippen LogP contribution in [0, 0.1) is 29.4 Å². The molecule has 0 amide bonds. The first-order chi connectivity index (χ1) is 12.7. The van der Waals surface area contributed by atoms with Crippen molar-refractivity contribution in [2.45, 2.75) is 52.1 Å². The van der Waals surface area contributed by atoms with Crippen molar-refractivity contribution >= 4 is 0 Å². The lowest BCUT2D eigenvalue weighted by molar-refractivity contribution is -0.0696. The van der Waals surface area contributed by atoms with Gasteiger partial charge < -0.3 is 0 Å². The monoisotopic (exact) mass is 396 g/mol. The first-order valence-electron chi connectivity index (χ1n) is 8.92. The van der Waals surface area contributed by atoms with Crippen LogP contribution in [0.3, 0.4) is 0 Å². The zero-order valence-electron chi connectivity index (χ0n) is 14.8. The zero-order valence-corrected chi connectivity index (χ0v) is 14.8. The number of rotatable bonds is 2. The minimum Gasteiger partial charge on any atom is -0.205 e. The predicted octanol–water partition coefficient (Wildman–Crippen LogP) is 7.72. The standard InChI is InChI=1S/C22H19F5.CH4.H2/c1-14-2-4-15(5-3-14)16-6-8-17(9-7-16)18-12-20(23)19(21(24)13-18)10-11-22(25,26)27;;/h6-9,12-15H,2-5H2,1H3;1H4;1H. The summed E-state index contributed by atoms with van der Waals surface area (Å²) in [5.41, 5.74) is 1.21. The van der Waals surface area contributed by atoms with Gasteiger partial charge >= 0.3 is 6.18 Å². The smallest absolute Gasteiger partial charge is 0.205 e. The van der Waals surface area contributed by atoms with Gasteiger partial charge in [0, 0.05) is 7.35 Å². The van der Waals surface area contributed by atoms with Crippen LogP contribution >= 0.6 is 0 Å². The first-order valence-corrected chi connectivity index (χ1v) is 8.92. The highest BCUT2D eigenvalue weighted by molar-refractivity contribution is 5.65. The highest BCUT2D eigenvalue weighted by Crippen LogP contribution is 2.36. The molecule has 3 rings (SSSR count). The Labute approximate surface area is 164 Å². The Morgan fingerprint density at radius 3 is 1.93 bits per heavy atom. The summed E-state index contributed by atoms with van der Waals surface area (Å²) in [7, 11) is 0. The molecule has 5 heteroatoms. The fourth-order valence-corrected chi connectivity index (χ4v) is 3.53. The van der Waals surface area contributed by atoms with E-state index in [4.69, 9.17) is 0 Å². The molecule has 0 aliphatic heterocycles. The van der Waals surface area contributed by atoms with Crippen LogP contribution < -0.4 is 0 Å². The average molecular weight is 396 g/mol. The van der Waals surface area contributed by atoms with Gasteiger partial charge in [-0.25, -0.2) is 8.78 Å². The molecule has 0 N–H and O–H groups in total. The Bertz CT molecular complexity index is 844. The van der Waals surface area contributed by atoms with E-state index in [0.717, 1.165) is 36.8 Å². The van der Waals surface area contributed by atoms with E-state index >= 15 is 0 Å². The molecule has 0 saturated heterocycles. The maximum Gasteiger partial charge on any atom is 0.458 e. The summed E-state index contributed by atoms with van der Waals surface area (Å²) in [5.74, 6) is 1.48. The molecule has 0 unspecified atom stereocenters. The van der Waals surface area contributed by atoms with E-state index in [9.17, 15) is 22.0 Å². The Morgan fingerprint density at radius 2 is 1.43 bits per heavy atom. The molecular weight excluding hydrogens is 371 g/mol. The molecule has 0 nitrogen and oxygen atoms in total. The third-order valence-corrected chi connectivity index (χ3v) is 5.10. The Hall–Kier alpha value is -2.35. The van der Waals surface area contributed by atoms with Crippen LogP contribution in [0.25, 0.3) is 11.1 Å². The summed E-state index contributed by atoms with van der Waals surface area (Å²) in [5, 5.41) is 0. The van der Waals surface area contributed by atoms with Gasteiger partial charge in [-0.05, 0) is 53.5 Å². The second kappa shape index (κ2) is 8.77. The van der Waals surface area contributed by atoms with Crippen LogP contribution in [-0.4, -0.2) is 6.18 Å². The lowest BCUT2D eigenvalue weighted by Crippen LogP contribution is -2.10. The molecule has 152 valence electrons. The summed E-state index contributed by atoms with van der Waals surface area (Å²) in [6.07, 6.45) is -0.135. The molecule has 1 aliphatic rings. The molecule has 0 bridgehead atoms. The molecule has 0 spiro atoms. The van der Waals surface area contributed by atoms with Crippen molar-refractivity contribution in [2.75, 3.05) is 0 Å². The highest BCUT2D eigenvalue weighted by atomic mass is 19.4. The first kappa shape index (κ1) is 21.9. The van der Waals surface area contributed by atoms with Crippen molar-refractivity contribution < 1.29 is 23.4 Å². The van der Waals surface area contributed by atoms with Crippen LogP contribution in [0.5, 0.6) is 0 Å². The average Bonchev–Trinajstić information content (AvgIpc) is 2.61. The van der Waals surface area contributed by atoms with Gasteiger partial charge in [0.15, 0.2) is 0 Å². The summed E-state index contributed by atoms with van der Waals surface area (Å²) >= 11 is 0. The van der Waals surface area contributed by atoms with Gasteiger partial charge in [-0.1, -0.05) is 57.4 Å². The van der Waals surface area contributed by atoms with Crippen LogP contribution in [-0.2, 0) is 0 Å². The van der Waals surface area contributed by atoms with E-state index < -0.39 is 23.4 Å². The number of alkyl halides is 3. The molecule has 1 saturated carbocycles. The quantitative estimate of drug-likeness (QED) is 0.360. The fraction of sp³-hybridized carbons (Fsp3) is 0.391. The Balaban J connectivity index is 0.00000210. The van der Waals surface area contributed by atoms with Gasteiger partial charge in [-0.2, -0.15) is 13.2 Å². The Morgan fingerprint density at radius 1 is 0.893 bits per heavy atom. The molecule has 0 radical (unpaired) electrons.